The Morgan fingerprint density at radius 1 is 0.795 bits per heavy atom. The van der Waals surface area contributed by atoms with Crippen molar-refractivity contribution in [1.82, 2.24) is 5.32 Å². The van der Waals surface area contributed by atoms with Crippen LogP contribution in [0.25, 0.3) is 0 Å². The quantitative estimate of drug-likeness (QED) is 0.257. The van der Waals surface area contributed by atoms with Gasteiger partial charge in [-0.15, -0.1) is 0 Å². The van der Waals surface area contributed by atoms with Gasteiger partial charge in [0.1, 0.15) is 11.9 Å². The summed E-state index contributed by atoms with van der Waals surface area (Å²) in [5.41, 5.74) is 2.52. The molecule has 0 aliphatic heterocycles. The number of esters is 1. The van der Waals surface area contributed by atoms with Gasteiger partial charge in [0.25, 0.3) is 5.91 Å². The molecule has 0 radical (unpaired) electrons. The number of amides is 2. The van der Waals surface area contributed by atoms with Gasteiger partial charge in [-0.1, -0.05) is 103 Å². The van der Waals surface area contributed by atoms with Crippen LogP contribution in [0, 0.1) is 5.82 Å². The van der Waals surface area contributed by atoms with Gasteiger partial charge in [0.2, 0.25) is 5.91 Å². The highest BCUT2D eigenvalue weighted by atomic mass is 35.5. The monoisotopic (exact) mass is 544 g/mol. The van der Waals surface area contributed by atoms with Crippen LogP contribution in [-0.2, 0) is 25.5 Å². The molecule has 8 heteroatoms. The molecular formula is C31H26ClFN2O4. The van der Waals surface area contributed by atoms with Crippen molar-refractivity contribution in [2.75, 3.05) is 11.9 Å². The van der Waals surface area contributed by atoms with Gasteiger partial charge in [-0.3, -0.25) is 9.59 Å². The maximum atomic E-state index is 13.7. The minimum atomic E-state index is -1.06. The summed E-state index contributed by atoms with van der Waals surface area (Å²) in [7, 11) is 0. The van der Waals surface area contributed by atoms with Gasteiger partial charge >= 0.3 is 5.97 Å². The van der Waals surface area contributed by atoms with E-state index in [1.54, 1.807) is 0 Å². The highest BCUT2D eigenvalue weighted by Gasteiger charge is 2.29. The van der Waals surface area contributed by atoms with Crippen LogP contribution in [0.5, 0.6) is 0 Å². The molecule has 0 saturated heterocycles. The van der Waals surface area contributed by atoms with E-state index in [9.17, 15) is 18.8 Å². The molecule has 4 aromatic rings. The van der Waals surface area contributed by atoms with E-state index in [2.05, 4.69) is 10.6 Å². The second-order valence-corrected chi connectivity index (χ2v) is 9.19. The Bertz CT molecular complexity index is 1380. The minimum absolute atomic E-state index is 0.0109. The molecule has 0 heterocycles. The molecule has 0 aliphatic rings. The highest BCUT2D eigenvalue weighted by molar-refractivity contribution is 6.33. The number of hydrogen-bond acceptors (Lipinski definition) is 4. The maximum absolute atomic E-state index is 13.7. The Morgan fingerprint density at radius 2 is 1.36 bits per heavy atom. The van der Waals surface area contributed by atoms with Gasteiger partial charge in [-0.25, -0.2) is 9.18 Å². The van der Waals surface area contributed by atoms with Gasteiger partial charge in [-0.2, -0.15) is 0 Å². The summed E-state index contributed by atoms with van der Waals surface area (Å²) in [5.74, 6) is -3.02. The summed E-state index contributed by atoms with van der Waals surface area (Å²) < 4.78 is 18.6. The average Bonchev–Trinajstić information content (AvgIpc) is 2.95. The summed E-state index contributed by atoms with van der Waals surface area (Å²) in [4.78, 5) is 39.2. The molecule has 0 fully saturated rings. The van der Waals surface area contributed by atoms with E-state index in [0.717, 1.165) is 28.8 Å². The first-order valence-electron chi connectivity index (χ1n) is 12.3. The second-order valence-electron chi connectivity index (χ2n) is 8.79. The fourth-order valence-electron chi connectivity index (χ4n) is 4.10. The summed E-state index contributed by atoms with van der Waals surface area (Å²) in [6.45, 7) is -0.617. The average molecular weight is 545 g/mol. The zero-order chi connectivity index (χ0) is 27.6. The second kappa shape index (κ2) is 13.3. The van der Waals surface area contributed by atoms with Crippen LogP contribution in [0.4, 0.5) is 10.1 Å². The topological polar surface area (TPSA) is 84.5 Å². The van der Waals surface area contributed by atoms with E-state index in [1.165, 1.54) is 6.07 Å². The predicted octanol–water partition coefficient (Wildman–Crippen LogP) is 5.52. The fourth-order valence-corrected chi connectivity index (χ4v) is 4.31. The van der Waals surface area contributed by atoms with Gasteiger partial charge in [0.15, 0.2) is 6.61 Å². The zero-order valence-corrected chi connectivity index (χ0v) is 21.6. The Balaban J connectivity index is 1.50. The summed E-state index contributed by atoms with van der Waals surface area (Å²) in [6.07, 6.45) is 0.160. The predicted molar refractivity (Wildman–Crippen MR) is 148 cm³/mol. The molecule has 4 rings (SSSR count). The molecule has 2 amide bonds. The molecule has 1 atom stereocenters. The smallest absolute Gasteiger partial charge is 0.329 e. The molecule has 0 aromatic heterocycles. The van der Waals surface area contributed by atoms with E-state index >= 15 is 0 Å². The number of benzene rings is 4. The van der Waals surface area contributed by atoms with Crippen molar-refractivity contribution < 1.29 is 23.5 Å². The van der Waals surface area contributed by atoms with E-state index < -0.39 is 36.3 Å². The first-order valence-corrected chi connectivity index (χ1v) is 12.6. The molecule has 6 nitrogen and oxygen atoms in total. The fraction of sp³-hybridized carbons (Fsp3) is 0.129. The Morgan fingerprint density at radius 3 is 1.92 bits per heavy atom. The van der Waals surface area contributed by atoms with Crippen molar-refractivity contribution in [2.24, 2.45) is 0 Å². The summed E-state index contributed by atoms with van der Waals surface area (Å²) in [5, 5.41) is 5.34. The normalized spacial score (nSPS) is 11.5. The number of ether oxygens (including phenoxy) is 1. The first-order chi connectivity index (χ1) is 18.9. The molecule has 198 valence electrons. The maximum Gasteiger partial charge on any atom is 0.329 e. The third-order valence-corrected chi connectivity index (χ3v) is 6.28. The van der Waals surface area contributed by atoms with E-state index in [1.807, 2.05) is 91.0 Å². The van der Waals surface area contributed by atoms with Crippen LogP contribution in [-0.4, -0.2) is 30.4 Å². The van der Waals surface area contributed by atoms with E-state index in [0.29, 0.717) is 0 Å². The number of carbonyl (C=O) groups excluding carboxylic acids is 3. The van der Waals surface area contributed by atoms with Crippen LogP contribution >= 0.6 is 11.6 Å². The van der Waals surface area contributed by atoms with Crippen LogP contribution in [0.3, 0.4) is 0 Å². The van der Waals surface area contributed by atoms with Crippen molar-refractivity contribution in [3.8, 4) is 0 Å². The van der Waals surface area contributed by atoms with Crippen molar-refractivity contribution in [1.29, 1.82) is 0 Å². The lowest BCUT2D eigenvalue weighted by Crippen LogP contribution is -2.46. The van der Waals surface area contributed by atoms with Gasteiger partial charge in [-0.05, 0) is 34.9 Å². The number of nitrogens with one attached hydrogen (secondary N) is 2. The number of halogens is 2. The van der Waals surface area contributed by atoms with Crippen molar-refractivity contribution in [3.05, 3.63) is 137 Å². The molecule has 4 aromatic carbocycles. The third-order valence-electron chi connectivity index (χ3n) is 5.96. The Hall–Kier alpha value is -4.49. The van der Waals surface area contributed by atoms with Gasteiger partial charge in [0.05, 0.1) is 16.6 Å². The highest BCUT2D eigenvalue weighted by Crippen LogP contribution is 2.25. The minimum Gasteiger partial charge on any atom is -0.454 e. The first kappa shape index (κ1) is 27.5. The third kappa shape index (κ3) is 7.75. The largest absolute Gasteiger partial charge is 0.454 e. The van der Waals surface area contributed by atoms with Crippen LogP contribution < -0.4 is 10.6 Å². The number of carbonyl (C=O) groups is 3. The molecule has 39 heavy (non-hydrogen) atoms. The van der Waals surface area contributed by atoms with Crippen LogP contribution in [0.2, 0.25) is 5.02 Å². The summed E-state index contributed by atoms with van der Waals surface area (Å²) in [6, 6.07) is 30.2. The van der Waals surface area contributed by atoms with Crippen molar-refractivity contribution in [3.63, 3.8) is 0 Å². The Labute approximate surface area is 230 Å². The van der Waals surface area contributed by atoms with Crippen LogP contribution in [0.15, 0.2) is 109 Å². The van der Waals surface area contributed by atoms with E-state index in [4.69, 9.17) is 16.3 Å². The van der Waals surface area contributed by atoms with Crippen LogP contribution in [0.1, 0.15) is 22.6 Å². The number of anilines is 1. The van der Waals surface area contributed by atoms with Gasteiger partial charge < -0.3 is 15.4 Å². The molecule has 1 unspecified atom stereocenters. The molecule has 0 aliphatic carbocycles. The molecule has 2 N–H and O–H groups in total. The summed E-state index contributed by atoms with van der Waals surface area (Å²) >= 11 is 5.96. The lowest BCUT2D eigenvalue weighted by Gasteiger charge is -2.23. The standard InChI is InChI=1S/C31H26ClFN2O4/c32-25-19-24(33)16-17-26(25)34-28(36)20-39-31(38)27(18-21-10-4-1-5-11-21)35-30(37)29(22-12-6-2-7-13-22)23-14-8-3-9-15-23/h1-17,19,27,29H,18,20H2,(H,34,36)(H,35,37). The Kier molecular flexibility index (Phi) is 9.43. The van der Waals surface area contributed by atoms with Crippen molar-refractivity contribution >= 4 is 35.1 Å². The van der Waals surface area contributed by atoms with E-state index in [-0.39, 0.29) is 23.0 Å². The van der Waals surface area contributed by atoms with Crippen molar-refractivity contribution in [2.45, 2.75) is 18.4 Å². The molecule has 0 saturated carbocycles. The SMILES string of the molecule is O=C(COC(=O)C(Cc1ccccc1)NC(=O)C(c1ccccc1)c1ccccc1)Nc1ccc(F)cc1Cl. The zero-order valence-electron chi connectivity index (χ0n) is 20.9. The lowest BCUT2D eigenvalue weighted by molar-refractivity contribution is -0.150. The number of rotatable bonds is 10. The molecule has 0 bridgehead atoms. The lowest BCUT2D eigenvalue weighted by atomic mass is 9.90. The van der Waals surface area contributed by atoms with Gasteiger partial charge in [0, 0.05) is 6.42 Å². The molecule has 0 spiro atoms. The number of hydrogen-bond donors (Lipinski definition) is 2. The molecular weight excluding hydrogens is 519 g/mol.